The van der Waals surface area contributed by atoms with Crippen LogP contribution in [0.5, 0.6) is 0 Å². The summed E-state index contributed by atoms with van der Waals surface area (Å²) in [5.74, 6) is 1.58. The van der Waals surface area contributed by atoms with Gasteiger partial charge in [0.15, 0.2) is 11.6 Å². The molecule has 1 heterocycles. The highest BCUT2D eigenvalue weighted by molar-refractivity contribution is 5.92. The second-order valence-electron chi connectivity index (χ2n) is 4.83. The summed E-state index contributed by atoms with van der Waals surface area (Å²) in [7, 11) is 1.88. The van der Waals surface area contributed by atoms with Gasteiger partial charge in [-0.1, -0.05) is 32.1 Å². The lowest BCUT2D eigenvalue weighted by Gasteiger charge is -2.20. The van der Waals surface area contributed by atoms with Gasteiger partial charge in [0, 0.05) is 25.9 Å². The predicted octanol–water partition coefficient (Wildman–Crippen LogP) is 2.96. The smallest absolute Gasteiger partial charge is 0.198 e. The molecule has 0 N–H and O–H groups in total. The Balaban J connectivity index is 1.81. The molecule has 1 aliphatic carbocycles. The fourth-order valence-electron chi connectivity index (χ4n) is 2.56. The second kappa shape index (κ2) is 5.28. The minimum absolute atomic E-state index is 0.193. The number of ketones is 1. The van der Waals surface area contributed by atoms with E-state index < -0.39 is 0 Å². The zero-order chi connectivity index (χ0) is 11.4. The first-order valence-electron chi connectivity index (χ1n) is 6.28. The lowest BCUT2D eigenvalue weighted by atomic mass is 9.85. The molecular weight excluding hydrogens is 200 g/mol. The van der Waals surface area contributed by atoms with Crippen molar-refractivity contribution in [3.8, 4) is 0 Å². The Morgan fingerprint density at radius 2 is 2.19 bits per heavy atom. The van der Waals surface area contributed by atoms with Gasteiger partial charge in [0.1, 0.15) is 0 Å². The molecule has 1 aromatic heterocycles. The fourth-order valence-corrected chi connectivity index (χ4v) is 2.56. The van der Waals surface area contributed by atoms with E-state index in [0.717, 1.165) is 12.3 Å². The Morgan fingerprint density at radius 1 is 1.44 bits per heavy atom. The predicted molar refractivity (Wildman–Crippen MR) is 63.3 cm³/mol. The number of imidazole rings is 1. The Hall–Kier alpha value is -1.12. The minimum atomic E-state index is 0.193. The van der Waals surface area contributed by atoms with E-state index in [2.05, 4.69) is 4.98 Å². The maximum absolute atomic E-state index is 11.9. The molecule has 0 radical (unpaired) electrons. The van der Waals surface area contributed by atoms with E-state index in [4.69, 9.17) is 0 Å². The molecule has 0 atom stereocenters. The first-order chi connectivity index (χ1) is 7.77. The Kier molecular flexibility index (Phi) is 3.75. The van der Waals surface area contributed by atoms with Crippen molar-refractivity contribution in [2.24, 2.45) is 13.0 Å². The molecule has 0 aliphatic heterocycles. The van der Waals surface area contributed by atoms with Gasteiger partial charge in [-0.05, 0) is 12.3 Å². The summed E-state index contributed by atoms with van der Waals surface area (Å²) in [5, 5.41) is 0. The molecule has 1 aliphatic rings. The number of hydrogen-bond donors (Lipinski definition) is 0. The highest BCUT2D eigenvalue weighted by Gasteiger charge is 2.17. The first-order valence-corrected chi connectivity index (χ1v) is 6.28. The van der Waals surface area contributed by atoms with Crippen LogP contribution in [0.25, 0.3) is 0 Å². The van der Waals surface area contributed by atoms with Crippen LogP contribution in [0.3, 0.4) is 0 Å². The molecule has 16 heavy (non-hydrogen) atoms. The molecule has 0 spiro atoms. The van der Waals surface area contributed by atoms with E-state index in [1.807, 2.05) is 17.8 Å². The normalized spacial score (nSPS) is 17.6. The van der Waals surface area contributed by atoms with E-state index >= 15 is 0 Å². The van der Waals surface area contributed by atoms with Crippen LogP contribution in [-0.4, -0.2) is 15.3 Å². The number of nitrogens with zero attached hydrogens (tertiary/aromatic N) is 2. The third-order valence-corrected chi connectivity index (χ3v) is 3.57. The van der Waals surface area contributed by atoms with Crippen molar-refractivity contribution in [3.05, 3.63) is 18.2 Å². The van der Waals surface area contributed by atoms with Gasteiger partial charge in [0.05, 0.1) is 0 Å². The Bertz CT molecular complexity index is 351. The van der Waals surface area contributed by atoms with Crippen molar-refractivity contribution in [2.75, 3.05) is 0 Å². The molecule has 0 aromatic carbocycles. The topological polar surface area (TPSA) is 34.9 Å². The van der Waals surface area contributed by atoms with Gasteiger partial charge in [-0.3, -0.25) is 4.79 Å². The van der Waals surface area contributed by atoms with E-state index in [1.54, 1.807) is 6.20 Å². The summed E-state index contributed by atoms with van der Waals surface area (Å²) in [5.41, 5.74) is 0. The van der Waals surface area contributed by atoms with Gasteiger partial charge in [0.2, 0.25) is 0 Å². The van der Waals surface area contributed by atoms with Crippen LogP contribution >= 0.6 is 0 Å². The van der Waals surface area contributed by atoms with E-state index in [9.17, 15) is 4.79 Å². The molecule has 0 amide bonds. The van der Waals surface area contributed by atoms with Crippen molar-refractivity contribution < 1.29 is 4.79 Å². The van der Waals surface area contributed by atoms with Crippen LogP contribution in [-0.2, 0) is 7.05 Å². The molecule has 1 saturated carbocycles. The zero-order valence-electron chi connectivity index (χ0n) is 9.98. The molecule has 88 valence electrons. The highest BCUT2D eigenvalue weighted by Crippen LogP contribution is 2.27. The van der Waals surface area contributed by atoms with Crippen molar-refractivity contribution in [3.63, 3.8) is 0 Å². The summed E-state index contributed by atoms with van der Waals surface area (Å²) in [6, 6.07) is 0. The van der Waals surface area contributed by atoms with Crippen molar-refractivity contribution in [2.45, 2.75) is 44.9 Å². The van der Waals surface area contributed by atoms with Gasteiger partial charge >= 0.3 is 0 Å². The number of rotatable bonds is 4. The molecule has 1 aromatic rings. The summed E-state index contributed by atoms with van der Waals surface area (Å²) < 4.78 is 1.81. The van der Waals surface area contributed by atoms with Gasteiger partial charge in [0.25, 0.3) is 0 Å². The second-order valence-corrected chi connectivity index (χ2v) is 4.83. The molecular formula is C13H20N2O. The third-order valence-electron chi connectivity index (χ3n) is 3.57. The molecule has 0 bridgehead atoms. The summed E-state index contributed by atoms with van der Waals surface area (Å²) in [6.07, 6.45) is 11.9. The lowest BCUT2D eigenvalue weighted by Crippen LogP contribution is -2.11. The molecule has 0 saturated heterocycles. The van der Waals surface area contributed by atoms with Crippen LogP contribution in [0.2, 0.25) is 0 Å². The molecule has 1 fully saturated rings. The van der Waals surface area contributed by atoms with E-state index in [0.29, 0.717) is 12.2 Å². The van der Waals surface area contributed by atoms with Crippen LogP contribution in [0.1, 0.15) is 55.6 Å². The largest absolute Gasteiger partial charge is 0.332 e. The average Bonchev–Trinajstić information content (AvgIpc) is 2.74. The van der Waals surface area contributed by atoms with Crippen LogP contribution in [0.15, 0.2) is 12.4 Å². The van der Waals surface area contributed by atoms with Gasteiger partial charge in [-0.2, -0.15) is 0 Å². The number of Topliss-reactive ketones (excluding diaryl/α,β-unsaturated/α-hetero) is 1. The SMILES string of the molecule is Cn1ccnc1C(=O)CCC1CCCCC1. The maximum atomic E-state index is 11.9. The summed E-state index contributed by atoms with van der Waals surface area (Å²) in [6.45, 7) is 0. The van der Waals surface area contributed by atoms with Crippen molar-refractivity contribution >= 4 is 5.78 Å². The fraction of sp³-hybridized carbons (Fsp3) is 0.692. The number of aryl methyl sites for hydroxylation is 1. The van der Waals surface area contributed by atoms with Crippen LogP contribution < -0.4 is 0 Å². The number of carbonyl (C=O) groups excluding carboxylic acids is 1. The highest BCUT2D eigenvalue weighted by atomic mass is 16.1. The quantitative estimate of drug-likeness (QED) is 0.731. The maximum Gasteiger partial charge on any atom is 0.198 e. The number of hydrogen-bond acceptors (Lipinski definition) is 2. The number of carbonyl (C=O) groups is 1. The number of aromatic nitrogens is 2. The zero-order valence-corrected chi connectivity index (χ0v) is 9.98. The Labute approximate surface area is 96.9 Å². The van der Waals surface area contributed by atoms with Crippen LogP contribution in [0.4, 0.5) is 0 Å². The lowest BCUT2D eigenvalue weighted by molar-refractivity contribution is 0.0957. The monoisotopic (exact) mass is 220 g/mol. The molecule has 0 unspecified atom stereocenters. The van der Waals surface area contributed by atoms with Gasteiger partial charge in [-0.15, -0.1) is 0 Å². The summed E-state index contributed by atoms with van der Waals surface area (Å²) >= 11 is 0. The van der Waals surface area contributed by atoms with Gasteiger partial charge < -0.3 is 4.57 Å². The van der Waals surface area contributed by atoms with E-state index in [1.165, 1.54) is 32.1 Å². The standard InChI is InChI=1S/C13H20N2O/c1-15-10-9-14-13(15)12(16)8-7-11-5-3-2-4-6-11/h9-11H,2-8H2,1H3. The van der Waals surface area contributed by atoms with Crippen molar-refractivity contribution in [1.82, 2.24) is 9.55 Å². The molecule has 3 nitrogen and oxygen atoms in total. The van der Waals surface area contributed by atoms with Crippen LogP contribution in [0, 0.1) is 5.92 Å². The third kappa shape index (κ3) is 2.71. The average molecular weight is 220 g/mol. The minimum Gasteiger partial charge on any atom is -0.332 e. The Morgan fingerprint density at radius 3 is 2.81 bits per heavy atom. The summed E-state index contributed by atoms with van der Waals surface area (Å²) in [4.78, 5) is 16.0. The van der Waals surface area contributed by atoms with Gasteiger partial charge in [-0.25, -0.2) is 4.98 Å². The first kappa shape index (κ1) is 11.4. The molecule has 2 rings (SSSR count). The van der Waals surface area contributed by atoms with E-state index in [-0.39, 0.29) is 5.78 Å². The molecule has 3 heteroatoms. The van der Waals surface area contributed by atoms with Crippen molar-refractivity contribution in [1.29, 1.82) is 0 Å².